The summed E-state index contributed by atoms with van der Waals surface area (Å²) in [5, 5.41) is 20.4. The molecule has 0 spiro atoms. The number of fused-ring (bicyclic) bond motifs is 1. The van der Waals surface area contributed by atoms with E-state index in [1.165, 1.54) is 5.56 Å². The van der Waals surface area contributed by atoms with E-state index in [-0.39, 0.29) is 6.10 Å². The highest BCUT2D eigenvalue weighted by Gasteiger charge is 2.40. The fourth-order valence-electron chi connectivity index (χ4n) is 3.93. The molecule has 1 heterocycles. The molecule has 1 aromatic carbocycles. The van der Waals surface area contributed by atoms with Crippen molar-refractivity contribution in [1.82, 2.24) is 4.90 Å². The summed E-state index contributed by atoms with van der Waals surface area (Å²) in [5.74, 6) is 1.73. The second kappa shape index (κ2) is 7.61. The van der Waals surface area contributed by atoms with Crippen LogP contribution in [0.4, 0.5) is 0 Å². The number of ether oxygens (including phenoxy) is 1. The van der Waals surface area contributed by atoms with Crippen LogP contribution < -0.4 is 4.74 Å². The minimum absolute atomic E-state index is 0.160. The number of nitrogens with zero attached hydrogens (tertiary/aromatic N) is 1. The maximum atomic E-state index is 9.86. The molecule has 1 saturated heterocycles. The molecule has 134 valence electrons. The first kappa shape index (κ1) is 18.0. The largest absolute Gasteiger partial charge is 0.489 e. The lowest BCUT2D eigenvalue weighted by Crippen LogP contribution is -2.38. The van der Waals surface area contributed by atoms with Gasteiger partial charge in [-0.05, 0) is 55.7 Å². The zero-order valence-electron chi connectivity index (χ0n) is 14.5. The quantitative estimate of drug-likeness (QED) is 0.854. The molecule has 0 amide bonds. The van der Waals surface area contributed by atoms with Crippen LogP contribution in [0.5, 0.6) is 5.75 Å². The fourth-order valence-corrected chi connectivity index (χ4v) is 4.18. The van der Waals surface area contributed by atoms with Crippen LogP contribution in [0.3, 0.4) is 0 Å². The number of hydrogen-bond donors (Lipinski definition) is 2. The van der Waals surface area contributed by atoms with Gasteiger partial charge < -0.3 is 14.9 Å². The Labute approximate surface area is 149 Å². The molecule has 2 aliphatic rings. The molecule has 5 atom stereocenters. The van der Waals surface area contributed by atoms with Gasteiger partial charge >= 0.3 is 0 Å². The van der Waals surface area contributed by atoms with Gasteiger partial charge in [0, 0.05) is 19.6 Å². The molecule has 1 aliphatic heterocycles. The Balaban J connectivity index is 1.60. The minimum atomic E-state index is -0.558. The maximum Gasteiger partial charge on any atom is 0.138 e. The molecule has 24 heavy (non-hydrogen) atoms. The molecular formula is C19H28ClNO3. The van der Waals surface area contributed by atoms with Crippen molar-refractivity contribution >= 4 is 11.6 Å². The molecule has 1 aliphatic carbocycles. The summed E-state index contributed by atoms with van der Waals surface area (Å²) in [6.07, 6.45) is 1.42. The Kier molecular flexibility index (Phi) is 5.70. The molecule has 2 N–H and O–H groups in total. The van der Waals surface area contributed by atoms with E-state index in [1.54, 1.807) is 0 Å². The number of rotatable bonds is 5. The van der Waals surface area contributed by atoms with Crippen molar-refractivity contribution in [3.63, 3.8) is 0 Å². The third kappa shape index (κ3) is 4.05. The third-order valence-electron chi connectivity index (χ3n) is 5.49. The van der Waals surface area contributed by atoms with Crippen LogP contribution in [0.1, 0.15) is 38.7 Å². The predicted molar refractivity (Wildman–Crippen MR) is 95.3 cm³/mol. The number of aliphatic hydroxyl groups is 2. The second-order valence-corrected chi connectivity index (χ2v) is 7.83. The summed E-state index contributed by atoms with van der Waals surface area (Å²) in [4.78, 5) is 2.40. The van der Waals surface area contributed by atoms with Crippen molar-refractivity contribution in [1.29, 1.82) is 0 Å². The Hall–Kier alpha value is -0.810. The van der Waals surface area contributed by atoms with Gasteiger partial charge in [0.1, 0.15) is 5.75 Å². The summed E-state index contributed by atoms with van der Waals surface area (Å²) in [5.41, 5.74) is 1.18. The molecule has 1 saturated carbocycles. The summed E-state index contributed by atoms with van der Waals surface area (Å²) in [6.45, 7) is 6.95. The average Bonchev–Trinajstić information content (AvgIpc) is 2.91. The number of likely N-dealkylation sites (tertiary alicyclic amines) is 1. The number of halogens is 1. The lowest BCUT2D eigenvalue weighted by molar-refractivity contribution is -0.0372. The lowest BCUT2D eigenvalue weighted by Gasteiger charge is -2.32. The standard InChI is InChI=1S/C19H28ClNO3/c1-3-12(2)24-19-5-4-13(6-16(19)20)9-21-10-14-7-17(22)18(23)8-15(14)11-21/h4-6,12,14-15,17-18,22-23H,3,7-11H2,1-2H3/t12-,14-,15+,17-,18-/m0/s1. The molecule has 3 rings (SSSR count). The number of benzene rings is 1. The van der Waals surface area contributed by atoms with Crippen LogP contribution in [-0.2, 0) is 6.54 Å². The average molecular weight is 354 g/mol. The van der Waals surface area contributed by atoms with Gasteiger partial charge in [-0.3, -0.25) is 4.90 Å². The summed E-state index contributed by atoms with van der Waals surface area (Å²) in [7, 11) is 0. The van der Waals surface area contributed by atoms with Crippen molar-refractivity contribution in [2.24, 2.45) is 11.8 Å². The van der Waals surface area contributed by atoms with E-state index in [2.05, 4.69) is 17.9 Å². The van der Waals surface area contributed by atoms with Gasteiger partial charge in [-0.15, -0.1) is 0 Å². The van der Waals surface area contributed by atoms with Crippen LogP contribution in [0, 0.1) is 11.8 Å². The van der Waals surface area contributed by atoms with E-state index in [9.17, 15) is 10.2 Å². The van der Waals surface area contributed by atoms with Crippen molar-refractivity contribution in [2.75, 3.05) is 13.1 Å². The Morgan fingerprint density at radius 2 is 1.83 bits per heavy atom. The van der Waals surface area contributed by atoms with Gasteiger partial charge in [0.25, 0.3) is 0 Å². The van der Waals surface area contributed by atoms with E-state index in [4.69, 9.17) is 16.3 Å². The van der Waals surface area contributed by atoms with Crippen molar-refractivity contribution in [2.45, 2.75) is 58.0 Å². The number of aliphatic hydroxyl groups excluding tert-OH is 2. The van der Waals surface area contributed by atoms with Gasteiger partial charge in [0.05, 0.1) is 23.3 Å². The van der Waals surface area contributed by atoms with Crippen LogP contribution in [-0.4, -0.2) is 46.5 Å². The smallest absolute Gasteiger partial charge is 0.138 e. The summed E-state index contributed by atoms with van der Waals surface area (Å²) < 4.78 is 5.82. The molecule has 0 aromatic heterocycles. The van der Waals surface area contributed by atoms with Crippen LogP contribution in [0.25, 0.3) is 0 Å². The van der Waals surface area contributed by atoms with E-state index < -0.39 is 12.2 Å². The van der Waals surface area contributed by atoms with Gasteiger partial charge in [0.2, 0.25) is 0 Å². The van der Waals surface area contributed by atoms with Gasteiger partial charge in [-0.1, -0.05) is 24.6 Å². The van der Waals surface area contributed by atoms with Crippen molar-refractivity contribution < 1.29 is 14.9 Å². The second-order valence-electron chi connectivity index (χ2n) is 7.42. The molecule has 0 bridgehead atoms. The highest BCUT2D eigenvalue weighted by atomic mass is 35.5. The maximum absolute atomic E-state index is 9.86. The normalized spacial score (nSPS) is 31.7. The fraction of sp³-hybridized carbons (Fsp3) is 0.684. The lowest BCUT2D eigenvalue weighted by atomic mass is 9.79. The molecule has 4 nitrogen and oxygen atoms in total. The summed E-state index contributed by atoms with van der Waals surface area (Å²) in [6, 6.07) is 6.03. The van der Waals surface area contributed by atoms with E-state index >= 15 is 0 Å². The molecule has 0 unspecified atom stereocenters. The first-order valence-corrected chi connectivity index (χ1v) is 9.37. The zero-order valence-corrected chi connectivity index (χ0v) is 15.2. The zero-order chi connectivity index (χ0) is 17.3. The van der Waals surface area contributed by atoms with Crippen LogP contribution in [0.15, 0.2) is 18.2 Å². The predicted octanol–water partition coefficient (Wildman–Crippen LogP) is 3.08. The minimum Gasteiger partial charge on any atom is -0.489 e. The first-order valence-electron chi connectivity index (χ1n) is 8.99. The van der Waals surface area contributed by atoms with E-state index in [0.29, 0.717) is 29.7 Å². The summed E-state index contributed by atoms with van der Waals surface area (Å²) >= 11 is 6.37. The van der Waals surface area contributed by atoms with Crippen LogP contribution >= 0.6 is 11.6 Å². The topological polar surface area (TPSA) is 52.9 Å². The van der Waals surface area contributed by atoms with E-state index in [0.717, 1.165) is 31.8 Å². The monoisotopic (exact) mass is 353 g/mol. The number of hydrogen-bond acceptors (Lipinski definition) is 4. The van der Waals surface area contributed by atoms with Gasteiger partial charge in [-0.25, -0.2) is 0 Å². The highest BCUT2D eigenvalue weighted by Crippen LogP contribution is 2.37. The Morgan fingerprint density at radius 3 is 2.38 bits per heavy atom. The molecule has 0 radical (unpaired) electrons. The third-order valence-corrected chi connectivity index (χ3v) is 5.79. The first-order chi connectivity index (χ1) is 11.5. The van der Waals surface area contributed by atoms with Crippen molar-refractivity contribution in [3.05, 3.63) is 28.8 Å². The van der Waals surface area contributed by atoms with Crippen LogP contribution in [0.2, 0.25) is 5.02 Å². The van der Waals surface area contributed by atoms with Gasteiger partial charge in [0.15, 0.2) is 0 Å². The van der Waals surface area contributed by atoms with Crippen molar-refractivity contribution in [3.8, 4) is 5.75 Å². The Bertz CT molecular complexity index is 550. The molecule has 5 heteroatoms. The SMILES string of the molecule is CC[C@H](C)Oc1ccc(CN2C[C@H]3C[C@H](O)[C@@H](O)C[C@H]3C2)cc1Cl. The molecule has 1 aromatic rings. The Morgan fingerprint density at radius 1 is 1.21 bits per heavy atom. The molecule has 2 fully saturated rings. The van der Waals surface area contributed by atoms with E-state index in [1.807, 2.05) is 19.1 Å². The highest BCUT2D eigenvalue weighted by molar-refractivity contribution is 6.32. The van der Waals surface area contributed by atoms with Gasteiger partial charge in [-0.2, -0.15) is 0 Å². The molecular weight excluding hydrogens is 326 g/mol.